The summed E-state index contributed by atoms with van der Waals surface area (Å²) in [6.07, 6.45) is 1.69. The van der Waals surface area contributed by atoms with E-state index >= 15 is 0 Å². The van der Waals surface area contributed by atoms with Gasteiger partial charge in [-0.25, -0.2) is 4.79 Å². The maximum atomic E-state index is 11.8. The molecule has 0 bridgehead atoms. The molecule has 0 atom stereocenters. The number of hydrogen-bond donors (Lipinski definition) is 2. The maximum Gasteiger partial charge on any atom is 0.337 e. The van der Waals surface area contributed by atoms with E-state index in [-0.39, 0.29) is 28.8 Å². The zero-order valence-electron chi connectivity index (χ0n) is 10.7. The fourth-order valence-electron chi connectivity index (χ4n) is 2.05. The van der Waals surface area contributed by atoms with Crippen molar-refractivity contribution in [3.63, 3.8) is 0 Å². The van der Waals surface area contributed by atoms with Crippen LogP contribution < -0.4 is 5.56 Å². The quantitative estimate of drug-likeness (QED) is 0.871. The topological polar surface area (TPSA) is 107 Å². The molecule has 20 heavy (non-hydrogen) atoms. The summed E-state index contributed by atoms with van der Waals surface area (Å²) in [5, 5.41) is 18.4. The molecule has 6 heteroatoms. The lowest BCUT2D eigenvalue weighted by atomic mass is 9.97. The predicted octanol–water partition coefficient (Wildman–Crippen LogP) is 1.24. The molecule has 2 aromatic heterocycles. The largest absolute Gasteiger partial charge is 0.478 e. The van der Waals surface area contributed by atoms with E-state index < -0.39 is 11.5 Å². The van der Waals surface area contributed by atoms with Crippen molar-refractivity contribution in [2.45, 2.75) is 13.3 Å². The first-order valence-corrected chi connectivity index (χ1v) is 5.83. The van der Waals surface area contributed by atoms with Gasteiger partial charge in [-0.1, -0.05) is 6.07 Å². The van der Waals surface area contributed by atoms with E-state index in [1.54, 1.807) is 30.5 Å². The van der Waals surface area contributed by atoms with Crippen LogP contribution in [0.4, 0.5) is 0 Å². The van der Waals surface area contributed by atoms with Crippen molar-refractivity contribution in [3.8, 4) is 6.07 Å². The third-order valence-corrected chi connectivity index (χ3v) is 2.92. The molecular formula is C14H11N3O3. The van der Waals surface area contributed by atoms with Crippen LogP contribution >= 0.6 is 0 Å². The van der Waals surface area contributed by atoms with Gasteiger partial charge in [0.1, 0.15) is 11.6 Å². The summed E-state index contributed by atoms with van der Waals surface area (Å²) in [6, 6.07) is 6.97. The minimum absolute atomic E-state index is 0.0493. The van der Waals surface area contributed by atoms with Gasteiger partial charge < -0.3 is 10.1 Å². The number of hydrogen-bond acceptors (Lipinski definition) is 4. The number of rotatable bonds is 3. The fourth-order valence-corrected chi connectivity index (χ4v) is 2.05. The first kappa shape index (κ1) is 13.5. The highest BCUT2D eigenvalue weighted by Crippen LogP contribution is 2.17. The van der Waals surface area contributed by atoms with Gasteiger partial charge in [-0.2, -0.15) is 5.26 Å². The van der Waals surface area contributed by atoms with Gasteiger partial charge in [-0.05, 0) is 24.6 Å². The second-order valence-corrected chi connectivity index (χ2v) is 4.22. The second kappa shape index (κ2) is 5.36. The van der Waals surface area contributed by atoms with Crippen molar-refractivity contribution in [1.82, 2.24) is 9.97 Å². The molecule has 0 saturated heterocycles. The van der Waals surface area contributed by atoms with Crippen molar-refractivity contribution in [2.75, 3.05) is 0 Å². The Morgan fingerprint density at radius 2 is 2.25 bits per heavy atom. The number of H-pyrrole nitrogens is 1. The monoisotopic (exact) mass is 269 g/mol. The number of carboxylic acids is 1. The van der Waals surface area contributed by atoms with Crippen LogP contribution in [-0.4, -0.2) is 21.0 Å². The molecule has 0 fully saturated rings. The Kier molecular flexibility index (Phi) is 3.62. The summed E-state index contributed by atoms with van der Waals surface area (Å²) in [5.74, 6) is -1.18. The lowest BCUT2D eigenvalue weighted by Crippen LogP contribution is -2.21. The highest BCUT2D eigenvalue weighted by molar-refractivity contribution is 5.91. The van der Waals surface area contributed by atoms with E-state index in [2.05, 4.69) is 9.97 Å². The van der Waals surface area contributed by atoms with E-state index in [4.69, 9.17) is 5.26 Å². The molecular weight excluding hydrogens is 258 g/mol. The Hall–Kier alpha value is -2.94. The Balaban J connectivity index is 2.69. The smallest absolute Gasteiger partial charge is 0.337 e. The van der Waals surface area contributed by atoms with Crippen molar-refractivity contribution in [2.24, 2.45) is 0 Å². The van der Waals surface area contributed by atoms with Crippen molar-refractivity contribution >= 4 is 5.97 Å². The van der Waals surface area contributed by atoms with E-state index in [0.29, 0.717) is 5.69 Å². The van der Waals surface area contributed by atoms with Crippen LogP contribution in [0.5, 0.6) is 0 Å². The Morgan fingerprint density at radius 3 is 2.80 bits per heavy atom. The van der Waals surface area contributed by atoms with Crippen LogP contribution in [0.15, 0.2) is 29.2 Å². The number of pyridine rings is 2. The summed E-state index contributed by atoms with van der Waals surface area (Å²) in [4.78, 5) is 29.6. The molecule has 0 spiro atoms. The average molecular weight is 269 g/mol. The number of nitriles is 1. The van der Waals surface area contributed by atoms with Gasteiger partial charge in [-0.3, -0.25) is 9.78 Å². The molecule has 0 saturated carbocycles. The number of carbonyl (C=O) groups is 1. The molecule has 2 heterocycles. The normalized spacial score (nSPS) is 10.0. The standard InChI is InChI=1S/C14H11N3O3/c1-8-12(14(19)20)10(11(7-15)13(18)17-8)6-9-4-2-3-5-16-9/h2-5H,6H2,1H3,(H,17,18)(H,19,20). The summed E-state index contributed by atoms with van der Waals surface area (Å²) in [7, 11) is 0. The SMILES string of the molecule is Cc1[nH]c(=O)c(C#N)c(Cc2ccccn2)c1C(=O)O. The van der Waals surface area contributed by atoms with Gasteiger partial charge in [0.15, 0.2) is 0 Å². The lowest BCUT2D eigenvalue weighted by molar-refractivity contribution is 0.0694. The first-order chi connectivity index (χ1) is 9.54. The van der Waals surface area contributed by atoms with Gasteiger partial charge in [0.2, 0.25) is 0 Å². The highest BCUT2D eigenvalue weighted by Gasteiger charge is 2.21. The maximum absolute atomic E-state index is 11.8. The lowest BCUT2D eigenvalue weighted by Gasteiger charge is -2.10. The van der Waals surface area contributed by atoms with Crippen LogP contribution in [0.25, 0.3) is 0 Å². The number of nitrogens with zero attached hydrogens (tertiary/aromatic N) is 2. The van der Waals surface area contributed by atoms with Gasteiger partial charge in [0.05, 0.1) is 5.56 Å². The van der Waals surface area contributed by atoms with Gasteiger partial charge in [0.25, 0.3) is 5.56 Å². The van der Waals surface area contributed by atoms with Gasteiger partial charge >= 0.3 is 5.97 Å². The number of aromatic nitrogens is 2. The second-order valence-electron chi connectivity index (χ2n) is 4.22. The van der Waals surface area contributed by atoms with Crippen molar-refractivity contribution in [3.05, 3.63) is 62.8 Å². The van der Waals surface area contributed by atoms with Gasteiger partial charge in [-0.15, -0.1) is 0 Å². The molecule has 0 aromatic carbocycles. The van der Waals surface area contributed by atoms with Crippen LogP contribution in [0.3, 0.4) is 0 Å². The summed E-state index contributed by atoms with van der Waals surface area (Å²) >= 11 is 0. The zero-order valence-corrected chi connectivity index (χ0v) is 10.7. The molecule has 100 valence electrons. The number of aromatic amines is 1. The minimum atomic E-state index is -1.18. The molecule has 0 unspecified atom stereocenters. The molecule has 2 N–H and O–H groups in total. The minimum Gasteiger partial charge on any atom is -0.478 e. The molecule has 0 aliphatic heterocycles. The molecule has 0 radical (unpaired) electrons. The molecule has 2 rings (SSSR count). The van der Waals surface area contributed by atoms with Crippen LogP contribution in [0, 0.1) is 18.3 Å². The van der Waals surface area contributed by atoms with E-state index in [1.165, 1.54) is 6.92 Å². The van der Waals surface area contributed by atoms with Crippen LogP contribution in [-0.2, 0) is 6.42 Å². The number of aryl methyl sites for hydroxylation is 1. The summed E-state index contributed by atoms with van der Waals surface area (Å²) in [6.45, 7) is 1.49. The molecule has 6 nitrogen and oxygen atoms in total. The predicted molar refractivity (Wildman–Crippen MR) is 70.5 cm³/mol. The number of nitrogens with one attached hydrogen (secondary N) is 1. The third kappa shape index (κ3) is 2.42. The summed E-state index contributed by atoms with van der Waals surface area (Å²) in [5.41, 5.74) is 0.204. The number of aromatic carboxylic acids is 1. The first-order valence-electron chi connectivity index (χ1n) is 5.83. The van der Waals surface area contributed by atoms with Crippen LogP contribution in [0.1, 0.15) is 32.9 Å². The van der Waals surface area contributed by atoms with Crippen molar-refractivity contribution < 1.29 is 9.90 Å². The molecule has 0 aliphatic rings. The zero-order chi connectivity index (χ0) is 14.7. The Bertz CT molecular complexity index is 758. The van der Waals surface area contributed by atoms with E-state index in [1.807, 2.05) is 0 Å². The molecule has 2 aromatic rings. The third-order valence-electron chi connectivity index (χ3n) is 2.92. The van der Waals surface area contributed by atoms with E-state index in [9.17, 15) is 14.7 Å². The molecule has 0 aliphatic carbocycles. The van der Waals surface area contributed by atoms with Gasteiger partial charge in [0, 0.05) is 24.0 Å². The molecule has 0 amide bonds. The highest BCUT2D eigenvalue weighted by atomic mass is 16.4. The Morgan fingerprint density at radius 1 is 1.50 bits per heavy atom. The van der Waals surface area contributed by atoms with Crippen molar-refractivity contribution in [1.29, 1.82) is 5.26 Å². The Labute approximate surface area is 114 Å². The fraction of sp³-hybridized carbons (Fsp3) is 0.143. The van der Waals surface area contributed by atoms with E-state index in [0.717, 1.165) is 0 Å². The van der Waals surface area contributed by atoms with Crippen LogP contribution in [0.2, 0.25) is 0 Å². The summed E-state index contributed by atoms with van der Waals surface area (Å²) < 4.78 is 0. The number of carboxylic acid groups (broad SMARTS) is 1. The average Bonchev–Trinajstić information content (AvgIpc) is 2.39.